The van der Waals surface area contributed by atoms with Crippen molar-refractivity contribution >= 4 is 11.5 Å². The Morgan fingerprint density at radius 2 is 1.94 bits per heavy atom. The minimum absolute atomic E-state index is 0.191. The number of halogens is 3. The molecule has 2 aromatic rings. The van der Waals surface area contributed by atoms with Gasteiger partial charge < -0.3 is 9.42 Å². The second-order valence-corrected chi connectivity index (χ2v) is 10.4. The molecule has 190 valence electrons. The molecule has 3 aliphatic rings. The van der Waals surface area contributed by atoms with Gasteiger partial charge in [-0.3, -0.25) is 14.6 Å². The van der Waals surface area contributed by atoms with Crippen LogP contribution in [0.15, 0.2) is 22.7 Å². The lowest BCUT2D eigenvalue weighted by molar-refractivity contribution is -0.137. The third-order valence-electron chi connectivity index (χ3n) is 7.85. The number of hydrogen-bond donors (Lipinski definition) is 0. The molecule has 0 spiro atoms. The molecule has 0 N–H and O–H groups in total. The number of carbonyl (C=O) groups is 1. The van der Waals surface area contributed by atoms with Crippen molar-refractivity contribution in [3.63, 3.8) is 0 Å². The zero-order chi connectivity index (χ0) is 24.7. The van der Waals surface area contributed by atoms with Crippen molar-refractivity contribution in [2.45, 2.75) is 58.3 Å². The topological polar surface area (TPSA) is 52.8 Å². The lowest BCUT2D eigenvalue weighted by Crippen LogP contribution is -2.37. The van der Waals surface area contributed by atoms with Crippen LogP contribution >= 0.6 is 0 Å². The zero-order valence-corrected chi connectivity index (χ0v) is 20.4. The molecule has 5 rings (SSSR count). The van der Waals surface area contributed by atoms with E-state index < -0.39 is 11.7 Å². The van der Waals surface area contributed by atoms with Gasteiger partial charge >= 0.3 is 6.18 Å². The summed E-state index contributed by atoms with van der Waals surface area (Å²) in [6.45, 7) is 9.25. The summed E-state index contributed by atoms with van der Waals surface area (Å²) < 4.78 is 44.6. The zero-order valence-electron chi connectivity index (χ0n) is 20.4. The Bertz CT molecular complexity index is 1060. The van der Waals surface area contributed by atoms with Crippen LogP contribution in [-0.2, 0) is 23.9 Å². The average molecular weight is 491 g/mol. The average Bonchev–Trinajstić information content (AvgIpc) is 3.53. The Labute approximate surface area is 204 Å². The van der Waals surface area contributed by atoms with Crippen LogP contribution in [-0.4, -0.2) is 66.1 Å². The maximum atomic E-state index is 13.1. The van der Waals surface area contributed by atoms with Crippen molar-refractivity contribution in [3.8, 4) is 0 Å². The molecule has 1 aromatic carbocycles. The van der Waals surface area contributed by atoms with E-state index in [0.29, 0.717) is 50.0 Å². The summed E-state index contributed by atoms with van der Waals surface area (Å²) >= 11 is 0. The third kappa shape index (κ3) is 5.26. The van der Waals surface area contributed by atoms with Gasteiger partial charge in [-0.25, -0.2) is 0 Å². The lowest BCUT2D eigenvalue weighted by atomic mass is 9.96. The highest BCUT2D eigenvalue weighted by atomic mass is 19.4. The molecule has 6 nitrogen and oxygen atoms in total. The van der Waals surface area contributed by atoms with Gasteiger partial charge in [0, 0.05) is 45.2 Å². The Morgan fingerprint density at radius 3 is 2.69 bits per heavy atom. The number of benzene rings is 1. The molecule has 3 aliphatic heterocycles. The first-order valence-electron chi connectivity index (χ1n) is 12.5. The van der Waals surface area contributed by atoms with E-state index in [9.17, 15) is 18.0 Å². The van der Waals surface area contributed by atoms with Gasteiger partial charge in [-0.15, -0.1) is 0 Å². The fourth-order valence-corrected chi connectivity index (χ4v) is 6.10. The van der Waals surface area contributed by atoms with Crippen LogP contribution in [0.2, 0.25) is 0 Å². The van der Waals surface area contributed by atoms with Crippen molar-refractivity contribution in [1.29, 1.82) is 0 Å². The van der Waals surface area contributed by atoms with Crippen LogP contribution in [0.1, 0.15) is 47.4 Å². The maximum Gasteiger partial charge on any atom is 0.416 e. The highest BCUT2D eigenvalue weighted by Gasteiger charge is 2.35. The molecule has 0 radical (unpaired) electrons. The second-order valence-electron chi connectivity index (χ2n) is 10.4. The van der Waals surface area contributed by atoms with Crippen LogP contribution in [0.3, 0.4) is 0 Å². The summed E-state index contributed by atoms with van der Waals surface area (Å²) in [5.74, 6) is 1.41. The summed E-state index contributed by atoms with van der Waals surface area (Å²) in [7, 11) is 0. The smallest absolute Gasteiger partial charge is 0.366 e. The lowest BCUT2D eigenvalue weighted by Gasteiger charge is -2.29. The highest BCUT2D eigenvalue weighted by Crippen LogP contribution is 2.33. The van der Waals surface area contributed by atoms with Crippen LogP contribution in [0.5, 0.6) is 0 Å². The van der Waals surface area contributed by atoms with E-state index in [2.05, 4.69) is 15.0 Å². The molecule has 0 amide bonds. The Balaban J connectivity index is 1.11. The summed E-state index contributed by atoms with van der Waals surface area (Å²) in [5, 5.41) is 4.08. The van der Waals surface area contributed by atoms with Gasteiger partial charge in [0.05, 0.1) is 12.1 Å². The SMILES string of the molecule is Cc1noc(C)c1N1CCC(N2CCC(CC(=O)CN3CCc4ccc(C(F)(F)F)cc4C3)C2)C1. The molecule has 0 saturated carbocycles. The van der Waals surface area contributed by atoms with Crippen molar-refractivity contribution in [3.05, 3.63) is 46.3 Å². The van der Waals surface area contributed by atoms with E-state index in [0.717, 1.165) is 67.8 Å². The molecule has 9 heteroatoms. The molecule has 4 heterocycles. The number of aromatic nitrogens is 1. The molecule has 2 fully saturated rings. The van der Waals surface area contributed by atoms with Crippen LogP contribution in [0, 0.1) is 19.8 Å². The van der Waals surface area contributed by atoms with E-state index in [-0.39, 0.29) is 5.78 Å². The molecular formula is C26H33F3N4O2. The van der Waals surface area contributed by atoms with Gasteiger partial charge in [0.25, 0.3) is 0 Å². The van der Waals surface area contributed by atoms with Gasteiger partial charge in [0.1, 0.15) is 17.2 Å². The van der Waals surface area contributed by atoms with Crippen LogP contribution in [0.25, 0.3) is 0 Å². The number of carbonyl (C=O) groups excluding carboxylic acids is 1. The van der Waals surface area contributed by atoms with Crippen molar-refractivity contribution in [2.24, 2.45) is 5.92 Å². The number of nitrogens with zero attached hydrogens (tertiary/aromatic N) is 4. The van der Waals surface area contributed by atoms with Crippen molar-refractivity contribution in [2.75, 3.05) is 44.2 Å². The summed E-state index contributed by atoms with van der Waals surface area (Å²) in [6, 6.07) is 4.46. The predicted octanol–water partition coefficient (Wildman–Crippen LogP) is 4.23. The standard InChI is InChI=1S/C26H33F3N4O2/c1-17-25(18(2)35-30-17)33-10-7-23(15-33)32-9-5-19(13-32)11-24(34)16-31-8-6-20-3-4-22(26(27,28)29)12-21(20)14-31/h3-4,12,19,23H,5-11,13-16H2,1-2H3. The Hall–Kier alpha value is -2.39. The predicted molar refractivity (Wildman–Crippen MR) is 126 cm³/mol. The van der Waals surface area contributed by atoms with Crippen molar-refractivity contribution < 1.29 is 22.5 Å². The number of anilines is 1. The number of alkyl halides is 3. The fraction of sp³-hybridized carbons (Fsp3) is 0.615. The Kier molecular flexibility index (Phi) is 6.65. The van der Waals surface area contributed by atoms with E-state index in [4.69, 9.17) is 4.52 Å². The summed E-state index contributed by atoms with van der Waals surface area (Å²) in [6.07, 6.45) is -1.00. The minimum atomic E-state index is -4.34. The second kappa shape index (κ2) is 9.58. The largest absolute Gasteiger partial charge is 0.416 e. The van der Waals surface area contributed by atoms with Gasteiger partial charge in [-0.05, 0) is 68.8 Å². The molecule has 1 aromatic heterocycles. The number of fused-ring (bicyclic) bond motifs is 1. The molecular weight excluding hydrogens is 457 g/mol. The van der Waals surface area contributed by atoms with Gasteiger partial charge in [-0.1, -0.05) is 11.2 Å². The van der Waals surface area contributed by atoms with E-state index in [1.807, 2.05) is 18.7 Å². The van der Waals surface area contributed by atoms with Gasteiger partial charge in [0.15, 0.2) is 5.76 Å². The monoisotopic (exact) mass is 490 g/mol. The quantitative estimate of drug-likeness (QED) is 0.604. The maximum absolute atomic E-state index is 13.1. The first-order valence-corrected chi connectivity index (χ1v) is 12.5. The fourth-order valence-electron chi connectivity index (χ4n) is 6.10. The number of Topliss-reactive ketones (excluding diaryl/α,β-unsaturated/α-hetero) is 1. The molecule has 2 saturated heterocycles. The summed E-state index contributed by atoms with van der Waals surface area (Å²) in [5.41, 5.74) is 3.08. The number of ketones is 1. The highest BCUT2D eigenvalue weighted by molar-refractivity contribution is 5.80. The van der Waals surface area contributed by atoms with E-state index >= 15 is 0 Å². The van der Waals surface area contributed by atoms with Gasteiger partial charge in [0.2, 0.25) is 0 Å². The first-order chi connectivity index (χ1) is 16.7. The van der Waals surface area contributed by atoms with Crippen LogP contribution in [0.4, 0.5) is 18.9 Å². The third-order valence-corrected chi connectivity index (χ3v) is 7.85. The normalized spacial score (nSPS) is 23.7. The number of hydrogen-bond acceptors (Lipinski definition) is 6. The van der Waals surface area contributed by atoms with E-state index in [1.54, 1.807) is 6.07 Å². The molecule has 0 aliphatic carbocycles. The molecule has 35 heavy (non-hydrogen) atoms. The van der Waals surface area contributed by atoms with E-state index in [1.165, 1.54) is 6.07 Å². The minimum Gasteiger partial charge on any atom is -0.366 e. The molecule has 0 bridgehead atoms. The molecule has 2 unspecified atom stereocenters. The first kappa shape index (κ1) is 24.3. The van der Waals surface area contributed by atoms with Gasteiger partial charge in [-0.2, -0.15) is 13.2 Å². The summed E-state index contributed by atoms with van der Waals surface area (Å²) in [4.78, 5) is 19.7. The number of aryl methyl sites for hydroxylation is 2. The van der Waals surface area contributed by atoms with Crippen molar-refractivity contribution in [1.82, 2.24) is 15.0 Å². The van der Waals surface area contributed by atoms with Crippen LogP contribution < -0.4 is 4.90 Å². The number of rotatable bonds is 6. The molecule has 2 atom stereocenters. The number of likely N-dealkylation sites (tertiary alicyclic amines) is 1. The Morgan fingerprint density at radius 1 is 1.11 bits per heavy atom.